The SMILES string of the molecule is O=S(=O)(c1ccc(CN[C@H]2CCCSC2)cc1)N1CCCC1. The van der Waals surface area contributed by atoms with E-state index >= 15 is 0 Å². The quantitative estimate of drug-likeness (QED) is 0.894. The zero-order chi connectivity index (χ0) is 15.4. The fourth-order valence-corrected chi connectivity index (χ4v) is 5.64. The van der Waals surface area contributed by atoms with E-state index in [1.54, 1.807) is 16.4 Å². The van der Waals surface area contributed by atoms with Gasteiger partial charge in [0.05, 0.1) is 4.90 Å². The second-order valence-corrected chi connectivity index (χ2v) is 9.14. The molecule has 4 nitrogen and oxygen atoms in total. The van der Waals surface area contributed by atoms with Gasteiger partial charge in [0.1, 0.15) is 0 Å². The highest BCUT2D eigenvalue weighted by Crippen LogP contribution is 2.21. The molecule has 0 saturated carbocycles. The fraction of sp³-hybridized carbons (Fsp3) is 0.625. The molecule has 1 aromatic carbocycles. The van der Waals surface area contributed by atoms with Gasteiger partial charge in [0.2, 0.25) is 10.0 Å². The molecule has 2 aliphatic heterocycles. The summed E-state index contributed by atoms with van der Waals surface area (Å²) in [7, 11) is -3.28. The molecule has 0 radical (unpaired) electrons. The lowest BCUT2D eigenvalue weighted by Gasteiger charge is -2.22. The minimum atomic E-state index is -3.28. The molecule has 1 N–H and O–H groups in total. The molecule has 0 amide bonds. The third kappa shape index (κ3) is 3.85. The van der Waals surface area contributed by atoms with Crippen LogP contribution in [-0.2, 0) is 16.6 Å². The molecule has 3 rings (SSSR count). The van der Waals surface area contributed by atoms with Crippen LogP contribution in [0.4, 0.5) is 0 Å². The number of thioether (sulfide) groups is 1. The van der Waals surface area contributed by atoms with Gasteiger partial charge in [0.15, 0.2) is 0 Å². The lowest BCUT2D eigenvalue weighted by Crippen LogP contribution is -2.33. The largest absolute Gasteiger partial charge is 0.309 e. The molecule has 2 aliphatic rings. The summed E-state index contributed by atoms with van der Waals surface area (Å²) in [5, 5.41) is 3.57. The first-order chi connectivity index (χ1) is 10.7. The summed E-state index contributed by atoms with van der Waals surface area (Å²) < 4.78 is 26.5. The molecular formula is C16H24N2O2S2. The maximum Gasteiger partial charge on any atom is 0.243 e. The molecule has 2 heterocycles. The van der Waals surface area contributed by atoms with E-state index in [1.165, 1.54) is 24.3 Å². The second kappa shape index (κ2) is 7.34. The van der Waals surface area contributed by atoms with Gasteiger partial charge in [-0.3, -0.25) is 0 Å². The molecule has 0 aromatic heterocycles. The molecule has 6 heteroatoms. The van der Waals surface area contributed by atoms with E-state index in [0.717, 1.165) is 24.9 Å². The molecule has 1 aromatic rings. The van der Waals surface area contributed by atoms with Crippen molar-refractivity contribution in [3.05, 3.63) is 29.8 Å². The standard InChI is InChI=1S/C16H24N2O2S2/c19-22(20,18-9-1-2-10-18)16-7-5-14(6-8-16)12-17-15-4-3-11-21-13-15/h5-8,15,17H,1-4,9-13H2/t15-/m0/s1. The molecule has 0 aliphatic carbocycles. The summed E-state index contributed by atoms with van der Waals surface area (Å²) >= 11 is 2.01. The average Bonchev–Trinajstić information content (AvgIpc) is 3.10. The highest BCUT2D eigenvalue weighted by atomic mass is 32.2. The predicted octanol–water partition coefficient (Wildman–Crippen LogP) is 2.46. The predicted molar refractivity (Wildman–Crippen MR) is 91.6 cm³/mol. The van der Waals surface area contributed by atoms with Gasteiger partial charge < -0.3 is 5.32 Å². The van der Waals surface area contributed by atoms with Crippen LogP contribution in [0.15, 0.2) is 29.2 Å². The van der Waals surface area contributed by atoms with Crippen LogP contribution in [0, 0.1) is 0 Å². The summed E-state index contributed by atoms with van der Waals surface area (Å²) in [5.41, 5.74) is 1.15. The van der Waals surface area contributed by atoms with Gasteiger partial charge in [0, 0.05) is 31.4 Å². The first kappa shape index (κ1) is 16.3. The van der Waals surface area contributed by atoms with Crippen LogP contribution < -0.4 is 5.32 Å². The Hall–Kier alpha value is -0.560. The average molecular weight is 341 g/mol. The Balaban J connectivity index is 1.60. The van der Waals surface area contributed by atoms with Gasteiger partial charge in [-0.15, -0.1) is 0 Å². The zero-order valence-electron chi connectivity index (χ0n) is 12.8. The van der Waals surface area contributed by atoms with E-state index < -0.39 is 10.0 Å². The smallest absolute Gasteiger partial charge is 0.243 e. The maximum atomic E-state index is 12.5. The Morgan fingerprint density at radius 2 is 1.86 bits per heavy atom. The van der Waals surface area contributed by atoms with E-state index in [2.05, 4.69) is 5.32 Å². The van der Waals surface area contributed by atoms with Crippen molar-refractivity contribution in [1.82, 2.24) is 9.62 Å². The lowest BCUT2D eigenvalue weighted by molar-refractivity contribution is 0.477. The van der Waals surface area contributed by atoms with Crippen LogP contribution >= 0.6 is 11.8 Å². The Kier molecular flexibility index (Phi) is 5.44. The highest BCUT2D eigenvalue weighted by Gasteiger charge is 2.26. The summed E-state index contributed by atoms with van der Waals surface area (Å²) in [6.45, 7) is 2.13. The van der Waals surface area contributed by atoms with Crippen LogP contribution in [0.2, 0.25) is 0 Å². The van der Waals surface area contributed by atoms with E-state index in [9.17, 15) is 8.42 Å². The Bertz CT molecular complexity index is 575. The number of hydrogen-bond acceptors (Lipinski definition) is 4. The molecule has 22 heavy (non-hydrogen) atoms. The van der Waals surface area contributed by atoms with Crippen molar-refractivity contribution in [2.45, 2.75) is 43.2 Å². The number of benzene rings is 1. The molecule has 0 unspecified atom stereocenters. The van der Waals surface area contributed by atoms with Crippen molar-refractivity contribution >= 4 is 21.8 Å². The molecule has 0 bridgehead atoms. The molecule has 2 saturated heterocycles. The Morgan fingerprint density at radius 3 is 2.50 bits per heavy atom. The number of hydrogen-bond donors (Lipinski definition) is 1. The summed E-state index contributed by atoms with van der Waals surface area (Å²) in [6.07, 6.45) is 4.48. The minimum absolute atomic E-state index is 0.423. The Labute approximate surface area is 137 Å². The number of nitrogens with one attached hydrogen (secondary N) is 1. The number of rotatable bonds is 5. The Morgan fingerprint density at radius 1 is 1.14 bits per heavy atom. The highest BCUT2D eigenvalue weighted by molar-refractivity contribution is 7.99. The fourth-order valence-electron chi connectivity index (χ4n) is 3.02. The van der Waals surface area contributed by atoms with Crippen LogP contribution in [0.3, 0.4) is 0 Å². The van der Waals surface area contributed by atoms with Gasteiger partial charge in [0.25, 0.3) is 0 Å². The second-order valence-electron chi connectivity index (χ2n) is 6.05. The normalized spacial score (nSPS) is 23.7. The van der Waals surface area contributed by atoms with Gasteiger partial charge in [-0.25, -0.2) is 8.42 Å². The molecule has 2 fully saturated rings. The third-order valence-electron chi connectivity index (χ3n) is 4.38. The number of nitrogens with zero attached hydrogens (tertiary/aromatic N) is 1. The van der Waals surface area contributed by atoms with Gasteiger partial charge in [-0.1, -0.05) is 12.1 Å². The summed E-state index contributed by atoms with van der Waals surface area (Å²) in [5.74, 6) is 2.46. The van der Waals surface area contributed by atoms with Crippen LogP contribution in [0.1, 0.15) is 31.2 Å². The first-order valence-electron chi connectivity index (χ1n) is 8.06. The van der Waals surface area contributed by atoms with Crippen molar-refractivity contribution in [2.24, 2.45) is 0 Å². The van der Waals surface area contributed by atoms with Gasteiger partial charge >= 0.3 is 0 Å². The molecular weight excluding hydrogens is 316 g/mol. The van der Waals surface area contributed by atoms with Crippen molar-refractivity contribution in [2.75, 3.05) is 24.6 Å². The lowest BCUT2D eigenvalue weighted by atomic mass is 10.1. The zero-order valence-corrected chi connectivity index (χ0v) is 14.5. The third-order valence-corrected chi connectivity index (χ3v) is 7.51. The van der Waals surface area contributed by atoms with Gasteiger partial charge in [-0.05, 0) is 49.1 Å². The van der Waals surface area contributed by atoms with E-state index in [4.69, 9.17) is 0 Å². The molecule has 1 atom stereocenters. The van der Waals surface area contributed by atoms with Crippen LogP contribution in [0.25, 0.3) is 0 Å². The van der Waals surface area contributed by atoms with E-state index in [1.807, 2.05) is 23.9 Å². The minimum Gasteiger partial charge on any atom is -0.309 e. The number of sulfonamides is 1. The van der Waals surface area contributed by atoms with Crippen molar-refractivity contribution < 1.29 is 8.42 Å². The van der Waals surface area contributed by atoms with Gasteiger partial charge in [-0.2, -0.15) is 16.1 Å². The molecule has 122 valence electrons. The van der Waals surface area contributed by atoms with Crippen LogP contribution in [-0.4, -0.2) is 43.4 Å². The topological polar surface area (TPSA) is 49.4 Å². The van der Waals surface area contributed by atoms with Crippen LogP contribution in [0.5, 0.6) is 0 Å². The monoisotopic (exact) mass is 340 g/mol. The molecule has 0 spiro atoms. The van der Waals surface area contributed by atoms with Crippen molar-refractivity contribution in [1.29, 1.82) is 0 Å². The summed E-state index contributed by atoms with van der Waals surface area (Å²) in [6, 6.07) is 7.96. The first-order valence-corrected chi connectivity index (χ1v) is 10.7. The van der Waals surface area contributed by atoms with E-state index in [-0.39, 0.29) is 0 Å². The van der Waals surface area contributed by atoms with Crippen molar-refractivity contribution in [3.8, 4) is 0 Å². The maximum absolute atomic E-state index is 12.5. The van der Waals surface area contributed by atoms with E-state index in [0.29, 0.717) is 24.0 Å². The van der Waals surface area contributed by atoms with Crippen molar-refractivity contribution in [3.63, 3.8) is 0 Å². The summed E-state index contributed by atoms with van der Waals surface area (Å²) in [4.78, 5) is 0.423.